The number of hydrogen-bond acceptors (Lipinski definition) is 4. The highest BCUT2D eigenvalue weighted by Crippen LogP contribution is 2.23. The molecule has 0 aliphatic heterocycles. The summed E-state index contributed by atoms with van der Waals surface area (Å²) < 4.78 is 32.5. The van der Waals surface area contributed by atoms with E-state index in [0.717, 1.165) is 0 Å². The maximum absolute atomic E-state index is 12.4. The molecule has 108 valence electrons. The van der Waals surface area contributed by atoms with Crippen LogP contribution in [0.4, 0.5) is 0 Å². The smallest absolute Gasteiger partial charge is 0.241 e. The van der Waals surface area contributed by atoms with Gasteiger partial charge in [-0.05, 0) is 57.5 Å². The summed E-state index contributed by atoms with van der Waals surface area (Å²) in [7, 11) is -2.01. The van der Waals surface area contributed by atoms with E-state index in [-0.39, 0.29) is 4.90 Å². The van der Waals surface area contributed by atoms with Gasteiger partial charge in [-0.2, -0.15) is 0 Å². The van der Waals surface area contributed by atoms with Crippen LogP contribution in [0, 0.1) is 0 Å². The highest BCUT2D eigenvalue weighted by molar-refractivity contribution is 7.89. The van der Waals surface area contributed by atoms with Crippen LogP contribution in [0.1, 0.15) is 26.3 Å². The van der Waals surface area contributed by atoms with E-state index in [1.54, 1.807) is 46.1 Å². The quantitative estimate of drug-likeness (QED) is 0.854. The van der Waals surface area contributed by atoms with Crippen molar-refractivity contribution in [2.24, 2.45) is 5.73 Å². The minimum atomic E-state index is -3.56. The molecule has 0 aromatic heterocycles. The molecule has 0 amide bonds. The van der Waals surface area contributed by atoms with Crippen LogP contribution in [0.2, 0.25) is 0 Å². The molecular weight excluding hydrogens is 264 g/mol. The van der Waals surface area contributed by atoms with E-state index in [9.17, 15) is 8.42 Å². The van der Waals surface area contributed by atoms with Gasteiger partial charge in [0, 0.05) is 5.54 Å². The molecule has 6 heteroatoms. The molecule has 0 bridgehead atoms. The van der Waals surface area contributed by atoms with Crippen molar-refractivity contribution < 1.29 is 13.2 Å². The fourth-order valence-corrected chi connectivity index (χ4v) is 3.42. The summed E-state index contributed by atoms with van der Waals surface area (Å²) in [6.07, 6.45) is 0.484. The molecule has 0 saturated heterocycles. The van der Waals surface area contributed by atoms with Gasteiger partial charge in [0.15, 0.2) is 0 Å². The van der Waals surface area contributed by atoms with Gasteiger partial charge in [0.2, 0.25) is 10.0 Å². The first-order chi connectivity index (χ1) is 8.69. The fraction of sp³-hybridized carbons (Fsp3) is 0.538. The van der Waals surface area contributed by atoms with Crippen molar-refractivity contribution in [1.29, 1.82) is 0 Å². The number of rotatable bonds is 5. The highest BCUT2D eigenvalue weighted by Gasteiger charge is 2.24. The predicted octanol–water partition coefficient (Wildman–Crippen LogP) is 1.27. The molecule has 1 rings (SSSR count). The minimum absolute atomic E-state index is 0.258. The first kappa shape index (κ1) is 15.9. The molecule has 0 heterocycles. The van der Waals surface area contributed by atoms with Gasteiger partial charge in [-0.1, -0.05) is 0 Å². The molecule has 1 aromatic carbocycles. The van der Waals surface area contributed by atoms with Crippen molar-refractivity contribution >= 4 is 10.0 Å². The maximum atomic E-state index is 12.4. The van der Waals surface area contributed by atoms with Crippen LogP contribution >= 0.6 is 0 Å². The lowest BCUT2D eigenvalue weighted by Crippen LogP contribution is -2.40. The van der Waals surface area contributed by atoms with Crippen LogP contribution < -0.4 is 15.2 Å². The Morgan fingerprint density at radius 1 is 1.32 bits per heavy atom. The summed E-state index contributed by atoms with van der Waals surface area (Å²) in [5.74, 6) is 0.623. The lowest BCUT2D eigenvalue weighted by molar-refractivity contribution is 0.413. The second-order valence-corrected chi connectivity index (χ2v) is 7.02. The lowest BCUT2D eigenvalue weighted by atomic mass is 10.1. The topological polar surface area (TPSA) is 81.4 Å². The Labute approximate surface area is 115 Å². The zero-order valence-electron chi connectivity index (χ0n) is 11.9. The standard InChI is InChI=1S/C13H22N2O3S/c1-13(2,3)15-19(16,17)12-6-5-11(18-4)9-10(12)7-8-14/h5-6,9,15H,7-8,14H2,1-4H3. The van der Waals surface area contributed by atoms with Crippen molar-refractivity contribution in [3.8, 4) is 5.75 Å². The van der Waals surface area contributed by atoms with Crippen molar-refractivity contribution in [2.75, 3.05) is 13.7 Å². The van der Waals surface area contributed by atoms with Crippen LogP contribution in [0.3, 0.4) is 0 Å². The number of nitrogens with two attached hydrogens (primary N) is 1. The first-order valence-corrected chi connectivity index (χ1v) is 7.59. The van der Waals surface area contributed by atoms with Crippen molar-refractivity contribution in [1.82, 2.24) is 4.72 Å². The van der Waals surface area contributed by atoms with Crippen LogP contribution in [0.25, 0.3) is 0 Å². The Hall–Kier alpha value is -1.11. The predicted molar refractivity (Wildman–Crippen MR) is 75.8 cm³/mol. The van der Waals surface area contributed by atoms with Crippen molar-refractivity contribution in [3.05, 3.63) is 23.8 Å². The molecule has 0 fully saturated rings. The summed E-state index contributed by atoms with van der Waals surface area (Å²) >= 11 is 0. The molecular formula is C13H22N2O3S. The molecule has 19 heavy (non-hydrogen) atoms. The molecule has 5 nitrogen and oxygen atoms in total. The lowest BCUT2D eigenvalue weighted by Gasteiger charge is -2.21. The van der Waals surface area contributed by atoms with E-state index in [0.29, 0.717) is 24.3 Å². The molecule has 0 saturated carbocycles. The molecule has 1 aromatic rings. The van der Waals surface area contributed by atoms with Gasteiger partial charge in [-0.15, -0.1) is 0 Å². The summed E-state index contributed by atoms with van der Waals surface area (Å²) in [6, 6.07) is 4.90. The molecule has 0 aliphatic rings. The van der Waals surface area contributed by atoms with Gasteiger partial charge in [0.25, 0.3) is 0 Å². The SMILES string of the molecule is COc1ccc(S(=O)(=O)NC(C)(C)C)c(CCN)c1. The number of hydrogen-bond donors (Lipinski definition) is 2. The summed E-state index contributed by atoms with van der Waals surface area (Å²) in [5, 5.41) is 0. The van der Waals surface area contributed by atoms with Crippen molar-refractivity contribution in [2.45, 2.75) is 37.6 Å². The Bertz CT molecular complexity index is 533. The van der Waals surface area contributed by atoms with Crippen molar-refractivity contribution in [3.63, 3.8) is 0 Å². The third-order valence-electron chi connectivity index (χ3n) is 2.41. The Morgan fingerprint density at radius 2 is 1.95 bits per heavy atom. The van der Waals surface area contributed by atoms with Gasteiger partial charge < -0.3 is 10.5 Å². The Kier molecular flexibility index (Phi) is 4.95. The Morgan fingerprint density at radius 3 is 2.42 bits per heavy atom. The van der Waals surface area contributed by atoms with E-state index in [4.69, 9.17) is 10.5 Å². The number of sulfonamides is 1. The molecule has 0 unspecified atom stereocenters. The zero-order chi connectivity index (χ0) is 14.7. The third-order valence-corrected chi connectivity index (χ3v) is 4.27. The molecule has 0 spiro atoms. The largest absolute Gasteiger partial charge is 0.497 e. The van der Waals surface area contributed by atoms with Gasteiger partial charge in [-0.25, -0.2) is 13.1 Å². The van der Waals surface area contributed by atoms with Gasteiger partial charge in [0.1, 0.15) is 5.75 Å². The number of benzene rings is 1. The Balaban J connectivity index is 3.25. The molecule has 3 N–H and O–H groups in total. The van der Waals surface area contributed by atoms with E-state index in [2.05, 4.69) is 4.72 Å². The summed E-state index contributed by atoms with van der Waals surface area (Å²) in [5.41, 5.74) is 5.67. The first-order valence-electron chi connectivity index (χ1n) is 6.10. The molecule has 0 aliphatic carbocycles. The second kappa shape index (κ2) is 5.90. The normalized spacial score (nSPS) is 12.5. The number of nitrogens with one attached hydrogen (secondary N) is 1. The van der Waals surface area contributed by atoms with Gasteiger partial charge in [-0.3, -0.25) is 0 Å². The maximum Gasteiger partial charge on any atom is 0.241 e. The fourth-order valence-electron chi connectivity index (χ4n) is 1.75. The van der Waals surface area contributed by atoms with Crippen LogP contribution in [-0.4, -0.2) is 27.6 Å². The van der Waals surface area contributed by atoms with Crippen LogP contribution in [-0.2, 0) is 16.4 Å². The average Bonchev–Trinajstić information content (AvgIpc) is 2.25. The average molecular weight is 286 g/mol. The molecule has 0 radical (unpaired) electrons. The summed E-state index contributed by atoms with van der Waals surface area (Å²) in [6.45, 7) is 5.79. The van der Waals surface area contributed by atoms with Gasteiger partial charge in [0.05, 0.1) is 12.0 Å². The van der Waals surface area contributed by atoms with Crippen LogP contribution in [0.5, 0.6) is 5.75 Å². The summed E-state index contributed by atoms with van der Waals surface area (Å²) in [4.78, 5) is 0.258. The van der Waals surface area contributed by atoms with E-state index in [1.165, 1.54) is 0 Å². The third kappa shape index (κ3) is 4.49. The highest BCUT2D eigenvalue weighted by atomic mass is 32.2. The minimum Gasteiger partial charge on any atom is -0.497 e. The van der Waals surface area contributed by atoms with Crippen LogP contribution in [0.15, 0.2) is 23.1 Å². The van der Waals surface area contributed by atoms with Gasteiger partial charge >= 0.3 is 0 Å². The van der Waals surface area contributed by atoms with E-state index in [1.807, 2.05) is 0 Å². The number of methoxy groups -OCH3 is 1. The molecule has 0 atom stereocenters. The van der Waals surface area contributed by atoms with E-state index >= 15 is 0 Å². The monoisotopic (exact) mass is 286 g/mol. The zero-order valence-corrected chi connectivity index (χ0v) is 12.7. The number of ether oxygens (including phenoxy) is 1. The van der Waals surface area contributed by atoms with E-state index < -0.39 is 15.6 Å². The second-order valence-electron chi connectivity index (χ2n) is 5.37.